The zero-order valence-corrected chi connectivity index (χ0v) is 20.0. The van der Waals surface area contributed by atoms with E-state index < -0.39 is 38.7 Å². The predicted octanol–water partition coefficient (Wildman–Crippen LogP) is 6.20. The zero-order chi connectivity index (χ0) is 24.6. The number of rotatable bonds is 7. The van der Waals surface area contributed by atoms with Gasteiger partial charge in [-0.25, -0.2) is 22.2 Å². The number of nitrogens with one attached hydrogen (secondary N) is 2. The van der Waals surface area contributed by atoms with Gasteiger partial charge in [0.25, 0.3) is 0 Å². The molecular weight excluding hydrogens is 507 g/mol. The number of benzene rings is 2. The smallest absolute Gasteiger partial charge is 0.232 e. The minimum absolute atomic E-state index is 0.0409. The molecule has 11 heteroatoms. The van der Waals surface area contributed by atoms with Crippen LogP contribution >= 0.6 is 23.2 Å². The van der Waals surface area contributed by atoms with Crippen LogP contribution in [0.3, 0.4) is 0 Å². The van der Waals surface area contributed by atoms with Gasteiger partial charge in [-0.1, -0.05) is 36.2 Å². The second-order valence-corrected chi connectivity index (χ2v) is 10.2. The van der Waals surface area contributed by atoms with Crippen LogP contribution in [0.5, 0.6) is 0 Å². The average Bonchev–Trinajstić information content (AvgIpc) is 3.19. The highest BCUT2D eigenvalue weighted by Gasteiger charge is 2.26. The van der Waals surface area contributed by atoms with Crippen LogP contribution in [0.15, 0.2) is 48.8 Å². The Balaban J connectivity index is 1.80. The number of halogens is 4. The number of carbonyl (C=O) groups is 1. The molecule has 2 aromatic heterocycles. The van der Waals surface area contributed by atoms with Gasteiger partial charge in [0.1, 0.15) is 11.5 Å². The summed E-state index contributed by atoms with van der Waals surface area (Å²) in [6.45, 7) is 1.64. The van der Waals surface area contributed by atoms with Crippen molar-refractivity contribution in [2.24, 2.45) is 0 Å². The molecule has 4 rings (SSSR count). The SMILES string of the molecule is CCCS(=O)(=O)Nc1ccc(F)c(C(=O)c2c[nH]c3ncc(-c4ccc(Cl)cc4Cl)cc23)c1F. The highest BCUT2D eigenvalue weighted by atomic mass is 35.5. The summed E-state index contributed by atoms with van der Waals surface area (Å²) >= 11 is 12.2. The van der Waals surface area contributed by atoms with Crippen LogP contribution in [0, 0.1) is 11.6 Å². The van der Waals surface area contributed by atoms with Crippen LogP contribution in [-0.4, -0.2) is 29.9 Å². The van der Waals surface area contributed by atoms with Crippen molar-refractivity contribution >= 4 is 55.7 Å². The Kier molecular flexibility index (Phi) is 6.62. The Hall–Kier alpha value is -3.01. The monoisotopic (exact) mass is 523 g/mol. The third-order valence-electron chi connectivity index (χ3n) is 5.07. The molecule has 176 valence electrons. The summed E-state index contributed by atoms with van der Waals surface area (Å²) in [5.41, 5.74) is 0.0468. The molecule has 0 aliphatic carbocycles. The minimum Gasteiger partial charge on any atom is -0.345 e. The van der Waals surface area contributed by atoms with E-state index >= 15 is 4.39 Å². The van der Waals surface area contributed by atoms with Gasteiger partial charge in [0.15, 0.2) is 5.82 Å². The molecule has 0 fully saturated rings. The van der Waals surface area contributed by atoms with Crippen LogP contribution in [0.1, 0.15) is 29.3 Å². The Labute approximate surface area is 204 Å². The zero-order valence-electron chi connectivity index (χ0n) is 17.6. The predicted molar refractivity (Wildman–Crippen MR) is 129 cm³/mol. The van der Waals surface area contributed by atoms with Crippen molar-refractivity contribution in [3.8, 4) is 11.1 Å². The first kappa shape index (κ1) is 24.1. The first-order valence-electron chi connectivity index (χ1n) is 10.1. The van der Waals surface area contributed by atoms with Gasteiger partial charge >= 0.3 is 0 Å². The number of hydrogen-bond donors (Lipinski definition) is 2. The molecule has 0 aliphatic heterocycles. The summed E-state index contributed by atoms with van der Waals surface area (Å²) in [6, 6.07) is 8.28. The molecule has 0 atom stereocenters. The van der Waals surface area contributed by atoms with E-state index in [-0.39, 0.29) is 11.3 Å². The summed E-state index contributed by atoms with van der Waals surface area (Å²) in [4.78, 5) is 20.3. The van der Waals surface area contributed by atoms with E-state index in [4.69, 9.17) is 23.2 Å². The number of ketones is 1. The highest BCUT2D eigenvalue weighted by Crippen LogP contribution is 2.33. The number of anilines is 1. The van der Waals surface area contributed by atoms with Crippen molar-refractivity contribution in [3.63, 3.8) is 0 Å². The van der Waals surface area contributed by atoms with Gasteiger partial charge in [-0.15, -0.1) is 0 Å². The molecule has 2 heterocycles. The molecule has 0 unspecified atom stereocenters. The maximum atomic E-state index is 15.1. The lowest BCUT2D eigenvalue weighted by atomic mass is 10.00. The highest BCUT2D eigenvalue weighted by molar-refractivity contribution is 7.92. The number of H-pyrrole nitrogens is 1. The molecule has 34 heavy (non-hydrogen) atoms. The molecule has 0 bridgehead atoms. The third kappa shape index (κ3) is 4.64. The molecular formula is C23H17Cl2F2N3O3S. The summed E-state index contributed by atoms with van der Waals surface area (Å²) in [6.07, 6.45) is 3.12. The van der Waals surface area contributed by atoms with E-state index in [1.54, 1.807) is 31.2 Å². The number of aromatic amines is 1. The van der Waals surface area contributed by atoms with Gasteiger partial charge in [0.05, 0.1) is 17.0 Å². The van der Waals surface area contributed by atoms with Gasteiger partial charge in [0.2, 0.25) is 15.8 Å². The van der Waals surface area contributed by atoms with Crippen molar-refractivity contribution in [2.75, 3.05) is 10.5 Å². The number of hydrogen-bond acceptors (Lipinski definition) is 4. The summed E-state index contributed by atoms with van der Waals surface area (Å²) in [5, 5.41) is 1.12. The molecule has 4 aromatic rings. The van der Waals surface area contributed by atoms with Crippen molar-refractivity contribution < 1.29 is 22.0 Å². The molecule has 2 aromatic carbocycles. The molecule has 0 saturated heterocycles. The average molecular weight is 524 g/mol. The molecule has 6 nitrogen and oxygen atoms in total. The first-order chi connectivity index (χ1) is 16.1. The van der Waals surface area contributed by atoms with Crippen LogP contribution in [0.2, 0.25) is 10.0 Å². The van der Waals surface area contributed by atoms with Crippen LogP contribution in [0.25, 0.3) is 22.2 Å². The summed E-state index contributed by atoms with van der Waals surface area (Å²) in [5.74, 6) is -3.65. The quantitative estimate of drug-likeness (QED) is 0.282. The molecule has 0 aliphatic rings. The van der Waals surface area contributed by atoms with Gasteiger partial charge in [-0.3, -0.25) is 9.52 Å². The van der Waals surface area contributed by atoms with E-state index in [2.05, 4.69) is 14.7 Å². The Morgan fingerprint density at radius 3 is 2.62 bits per heavy atom. The fourth-order valence-electron chi connectivity index (χ4n) is 3.52. The van der Waals surface area contributed by atoms with E-state index in [1.165, 1.54) is 12.4 Å². The second kappa shape index (κ2) is 9.32. The fourth-order valence-corrected chi connectivity index (χ4v) is 5.17. The number of nitrogens with zero attached hydrogens (tertiary/aromatic N) is 1. The number of aromatic nitrogens is 2. The molecule has 0 radical (unpaired) electrons. The van der Waals surface area contributed by atoms with Crippen molar-refractivity contribution in [1.29, 1.82) is 0 Å². The molecule has 0 amide bonds. The number of carbonyl (C=O) groups excluding carboxylic acids is 1. The number of fused-ring (bicyclic) bond motifs is 1. The molecule has 2 N–H and O–H groups in total. The summed E-state index contributed by atoms with van der Waals surface area (Å²) in [7, 11) is -3.86. The largest absolute Gasteiger partial charge is 0.345 e. The maximum absolute atomic E-state index is 15.1. The van der Waals surface area contributed by atoms with Gasteiger partial charge < -0.3 is 4.98 Å². The van der Waals surface area contributed by atoms with Gasteiger partial charge in [0, 0.05) is 44.5 Å². The van der Waals surface area contributed by atoms with Crippen molar-refractivity contribution in [1.82, 2.24) is 9.97 Å². The van der Waals surface area contributed by atoms with E-state index in [0.717, 1.165) is 12.1 Å². The lowest BCUT2D eigenvalue weighted by Crippen LogP contribution is -2.18. The topological polar surface area (TPSA) is 91.9 Å². The maximum Gasteiger partial charge on any atom is 0.232 e. The first-order valence-corrected chi connectivity index (χ1v) is 12.5. The number of pyridine rings is 1. The Morgan fingerprint density at radius 1 is 1.15 bits per heavy atom. The third-order valence-corrected chi connectivity index (χ3v) is 7.10. The lowest BCUT2D eigenvalue weighted by Gasteiger charge is -2.11. The van der Waals surface area contributed by atoms with Crippen molar-refractivity contribution in [3.05, 3.63) is 81.6 Å². The van der Waals surface area contributed by atoms with E-state index in [0.29, 0.717) is 38.6 Å². The van der Waals surface area contributed by atoms with Crippen molar-refractivity contribution in [2.45, 2.75) is 13.3 Å². The van der Waals surface area contributed by atoms with E-state index in [9.17, 15) is 17.6 Å². The van der Waals surface area contributed by atoms with E-state index in [1.807, 2.05) is 0 Å². The van der Waals surface area contributed by atoms with Crippen LogP contribution in [-0.2, 0) is 10.0 Å². The Morgan fingerprint density at radius 2 is 1.91 bits per heavy atom. The Bertz CT molecular complexity index is 1540. The minimum atomic E-state index is -3.86. The molecule has 0 spiro atoms. The molecule has 0 saturated carbocycles. The lowest BCUT2D eigenvalue weighted by molar-refractivity contribution is 0.103. The van der Waals surface area contributed by atoms with Crippen LogP contribution < -0.4 is 4.72 Å². The standard InChI is InChI=1S/C23H17Cl2F2N3O3S/c1-2-7-34(32,33)30-19-6-5-18(26)20(21(19)27)22(31)16-11-29-23-15(16)8-12(10-28-23)14-4-3-13(24)9-17(14)25/h3-6,8-11,30H,2,7H2,1H3,(H,28,29). The van der Waals surface area contributed by atoms with Crippen LogP contribution in [0.4, 0.5) is 14.5 Å². The normalized spacial score (nSPS) is 11.7. The fraction of sp³-hybridized carbons (Fsp3) is 0.130. The summed E-state index contributed by atoms with van der Waals surface area (Å²) < 4.78 is 55.9. The van der Waals surface area contributed by atoms with Gasteiger partial charge in [-0.2, -0.15) is 0 Å². The second-order valence-electron chi connectivity index (χ2n) is 7.48. The number of sulfonamides is 1. The van der Waals surface area contributed by atoms with Gasteiger partial charge in [-0.05, 0) is 36.8 Å².